The van der Waals surface area contributed by atoms with E-state index >= 15 is 0 Å². The molecule has 1 aromatic carbocycles. The Bertz CT molecular complexity index is 784. The molecule has 0 aliphatic heterocycles. The van der Waals surface area contributed by atoms with Gasteiger partial charge in [-0.2, -0.15) is 4.98 Å². The van der Waals surface area contributed by atoms with Gasteiger partial charge in [0.15, 0.2) is 0 Å². The van der Waals surface area contributed by atoms with Gasteiger partial charge >= 0.3 is 6.01 Å². The van der Waals surface area contributed by atoms with Gasteiger partial charge < -0.3 is 9.73 Å². The van der Waals surface area contributed by atoms with Crippen molar-refractivity contribution < 1.29 is 17.8 Å². The zero-order valence-corrected chi connectivity index (χ0v) is 12.0. The smallest absolute Gasteiger partial charge is 0.309 e. The number of hydrogen-bond donors (Lipinski definition) is 2. The Morgan fingerprint density at radius 3 is 2.62 bits per heavy atom. The summed E-state index contributed by atoms with van der Waals surface area (Å²) in [7, 11) is -2.56. The lowest BCUT2D eigenvalue weighted by atomic mass is 10.3. The van der Waals surface area contributed by atoms with Gasteiger partial charge in [0.2, 0.25) is 0 Å². The van der Waals surface area contributed by atoms with Gasteiger partial charge in [-0.25, -0.2) is 13.1 Å². The number of benzene rings is 1. The SMILES string of the molecule is CNc1ccc([N+](=O)[O-])cc1S(=O)(=O)Nc1nc(C)co1. The molecule has 2 rings (SSSR count). The van der Waals surface area contributed by atoms with Crippen LogP contribution in [0.3, 0.4) is 0 Å². The maximum absolute atomic E-state index is 12.3. The molecule has 0 aliphatic rings. The second-order valence-corrected chi connectivity index (χ2v) is 5.74. The van der Waals surface area contributed by atoms with Gasteiger partial charge in [-0.1, -0.05) is 0 Å². The summed E-state index contributed by atoms with van der Waals surface area (Å²) in [4.78, 5) is 13.7. The summed E-state index contributed by atoms with van der Waals surface area (Å²) in [5, 5.41) is 13.4. The molecule has 0 fully saturated rings. The van der Waals surface area contributed by atoms with Gasteiger partial charge in [0.05, 0.1) is 16.3 Å². The zero-order valence-electron chi connectivity index (χ0n) is 11.2. The number of nitrogens with zero attached hydrogens (tertiary/aromatic N) is 2. The Morgan fingerprint density at radius 1 is 1.38 bits per heavy atom. The number of hydrogen-bond acceptors (Lipinski definition) is 7. The number of anilines is 2. The third-order valence-electron chi connectivity index (χ3n) is 2.58. The van der Waals surface area contributed by atoms with Gasteiger partial charge in [0.1, 0.15) is 11.2 Å². The highest BCUT2D eigenvalue weighted by molar-refractivity contribution is 7.92. The quantitative estimate of drug-likeness (QED) is 0.635. The van der Waals surface area contributed by atoms with Crippen LogP contribution in [0.1, 0.15) is 5.69 Å². The van der Waals surface area contributed by atoms with Crippen LogP contribution in [0.5, 0.6) is 0 Å². The Hall–Kier alpha value is -2.62. The first-order chi connectivity index (χ1) is 9.83. The Balaban J connectivity index is 2.47. The van der Waals surface area contributed by atoms with Crippen molar-refractivity contribution >= 4 is 27.4 Å². The van der Waals surface area contributed by atoms with Crippen LogP contribution < -0.4 is 10.0 Å². The van der Waals surface area contributed by atoms with Crippen LogP contribution in [-0.2, 0) is 10.0 Å². The number of aromatic nitrogens is 1. The molecule has 1 aromatic heterocycles. The molecule has 0 saturated carbocycles. The predicted octanol–water partition coefficient (Wildman–Crippen LogP) is 1.73. The summed E-state index contributed by atoms with van der Waals surface area (Å²) < 4.78 is 31.6. The number of nitro groups is 1. The summed E-state index contributed by atoms with van der Waals surface area (Å²) in [6.45, 7) is 1.63. The monoisotopic (exact) mass is 312 g/mol. The maximum Gasteiger partial charge on any atom is 0.309 e. The first-order valence-electron chi connectivity index (χ1n) is 5.74. The normalized spacial score (nSPS) is 11.1. The van der Waals surface area contributed by atoms with E-state index in [0.717, 1.165) is 6.07 Å². The van der Waals surface area contributed by atoms with Crippen molar-refractivity contribution in [2.24, 2.45) is 0 Å². The van der Waals surface area contributed by atoms with Gasteiger partial charge in [-0.05, 0) is 13.0 Å². The number of nitrogens with one attached hydrogen (secondary N) is 2. The van der Waals surface area contributed by atoms with Crippen LogP contribution in [0.25, 0.3) is 0 Å². The molecule has 2 aromatic rings. The molecule has 1 heterocycles. The highest BCUT2D eigenvalue weighted by Gasteiger charge is 2.23. The van der Waals surface area contributed by atoms with Crippen molar-refractivity contribution in [1.29, 1.82) is 0 Å². The maximum atomic E-state index is 12.3. The van der Waals surface area contributed by atoms with Crippen LogP contribution >= 0.6 is 0 Å². The molecular formula is C11H12N4O5S. The molecule has 0 spiro atoms. The second kappa shape index (κ2) is 5.40. The van der Waals surface area contributed by atoms with Gasteiger partial charge in [-0.15, -0.1) is 0 Å². The average Bonchev–Trinajstić information content (AvgIpc) is 2.82. The fourth-order valence-electron chi connectivity index (χ4n) is 1.62. The van der Waals surface area contributed by atoms with E-state index in [1.807, 2.05) is 0 Å². The molecule has 2 N–H and O–H groups in total. The molecule has 112 valence electrons. The van der Waals surface area contributed by atoms with E-state index in [1.54, 1.807) is 6.92 Å². The molecule has 0 radical (unpaired) electrons. The predicted molar refractivity (Wildman–Crippen MR) is 74.7 cm³/mol. The highest BCUT2D eigenvalue weighted by Crippen LogP contribution is 2.27. The minimum atomic E-state index is -4.07. The summed E-state index contributed by atoms with van der Waals surface area (Å²) in [6, 6.07) is 3.28. The summed E-state index contributed by atoms with van der Waals surface area (Å²) >= 11 is 0. The fourth-order valence-corrected chi connectivity index (χ4v) is 2.79. The van der Waals surface area contributed by atoms with Gasteiger partial charge in [-0.3, -0.25) is 10.1 Å². The minimum absolute atomic E-state index is 0.207. The van der Waals surface area contributed by atoms with Crippen molar-refractivity contribution in [3.05, 3.63) is 40.3 Å². The standard InChI is InChI=1S/C11H12N4O5S/c1-7-6-20-11(13-7)14-21(18,19)10-5-8(15(16)17)3-4-9(10)12-2/h3-6,12H,1-2H3,(H,13,14). The second-order valence-electron chi connectivity index (χ2n) is 4.09. The van der Waals surface area contributed by atoms with E-state index in [2.05, 4.69) is 15.0 Å². The number of oxazole rings is 1. The number of sulfonamides is 1. The lowest BCUT2D eigenvalue weighted by Crippen LogP contribution is -2.15. The van der Waals surface area contributed by atoms with E-state index < -0.39 is 14.9 Å². The van der Waals surface area contributed by atoms with Crippen LogP contribution in [0.15, 0.2) is 33.8 Å². The summed E-state index contributed by atoms with van der Waals surface area (Å²) in [6.07, 6.45) is 1.28. The van der Waals surface area contributed by atoms with Gasteiger partial charge in [0.25, 0.3) is 15.7 Å². The summed E-state index contributed by atoms with van der Waals surface area (Å²) in [5.74, 6) is 0. The van der Waals surface area contributed by atoms with E-state index in [-0.39, 0.29) is 22.3 Å². The van der Waals surface area contributed by atoms with Crippen LogP contribution in [-0.4, -0.2) is 25.4 Å². The van der Waals surface area contributed by atoms with E-state index in [0.29, 0.717) is 5.69 Å². The number of non-ortho nitro benzene ring substituents is 1. The van der Waals surface area contributed by atoms with Crippen molar-refractivity contribution in [2.45, 2.75) is 11.8 Å². The Kier molecular flexibility index (Phi) is 3.80. The van der Waals surface area contributed by atoms with Crippen LogP contribution in [0.4, 0.5) is 17.4 Å². The molecule has 9 nitrogen and oxygen atoms in total. The van der Waals surface area contributed by atoms with Crippen LogP contribution in [0, 0.1) is 17.0 Å². The molecule has 0 amide bonds. The Labute approximate surface area is 120 Å². The van der Waals surface area contributed by atoms with E-state index in [9.17, 15) is 18.5 Å². The lowest BCUT2D eigenvalue weighted by molar-refractivity contribution is -0.385. The van der Waals surface area contributed by atoms with E-state index in [1.165, 1.54) is 25.4 Å². The van der Waals surface area contributed by atoms with E-state index in [4.69, 9.17) is 4.42 Å². The summed E-state index contributed by atoms with van der Waals surface area (Å²) in [5.41, 5.74) is 0.384. The number of aryl methyl sites for hydroxylation is 1. The molecule has 21 heavy (non-hydrogen) atoms. The molecule has 10 heteroatoms. The number of nitro benzene ring substituents is 1. The molecule has 0 atom stereocenters. The minimum Gasteiger partial charge on any atom is -0.431 e. The first kappa shape index (κ1) is 14.8. The van der Waals surface area contributed by atoms with Crippen molar-refractivity contribution in [3.8, 4) is 0 Å². The molecule has 0 unspecified atom stereocenters. The van der Waals surface area contributed by atoms with Crippen LogP contribution in [0.2, 0.25) is 0 Å². The topological polar surface area (TPSA) is 127 Å². The first-order valence-corrected chi connectivity index (χ1v) is 7.23. The molecule has 0 bridgehead atoms. The fraction of sp³-hybridized carbons (Fsp3) is 0.182. The van der Waals surface area contributed by atoms with Crippen molar-refractivity contribution in [2.75, 3.05) is 17.1 Å². The average molecular weight is 312 g/mol. The van der Waals surface area contributed by atoms with Crippen molar-refractivity contribution in [1.82, 2.24) is 4.98 Å². The Morgan fingerprint density at radius 2 is 2.10 bits per heavy atom. The third-order valence-corrected chi connectivity index (χ3v) is 3.94. The zero-order chi connectivity index (χ0) is 15.6. The molecular weight excluding hydrogens is 300 g/mol. The largest absolute Gasteiger partial charge is 0.431 e. The van der Waals surface area contributed by atoms with Gasteiger partial charge in [0, 0.05) is 19.2 Å². The lowest BCUT2D eigenvalue weighted by Gasteiger charge is -2.09. The molecule has 0 aliphatic carbocycles. The highest BCUT2D eigenvalue weighted by atomic mass is 32.2. The van der Waals surface area contributed by atoms with Crippen molar-refractivity contribution in [3.63, 3.8) is 0 Å². The third kappa shape index (κ3) is 3.11. The molecule has 0 saturated heterocycles. The number of rotatable bonds is 5.